The molecule has 0 unspecified atom stereocenters. The van der Waals surface area contributed by atoms with Gasteiger partial charge >= 0.3 is 0 Å². The Kier molecular flexibility index (Phi) is 9.63. The maximum Gasteiger partial charge on any atom is 0.191 e. The van der Waals surface area contributed by atoms with Gasteiger partial charge in [0.05, 0.1) is 18.0 Å². The van der Waals surface area contributed by atoms with Gasteiger partial charge in [-0.3, -0.25) is 0 Å². The van der Waals surface area contributed by atoms with Gasteiger partial charge in [-0.05, 0) is 36.6 Å². The topological polar surface area (TPSA) is 101 Å². The van der Waals surface area contributed by atoms with E-state index in [1.165, 1.54) is 6.26 Å². The number of nitrogens with one attached hydrogen (secondary N) is 2. The largest absolute Gasteiger partial charge is 0.356 e. The lowest BCUT2D eigenvalue weighted by Gasteiger charge is -2.13. The van der Waals surface area contributed by atoms with E-state index in [1.807, 2.05) is 61.0 Å². The van der Waals surface area contributed by atoms with Gasteiger partial charge in [0, 0.05) is 19.8 Å². The van der Waals surface area contributed by atoms with Gasteiger partial charge in [0.25, 0.3) is 0 Å². The van der Waals surface area contributed by atoms with Crippen LogP contribution < -0.4 is 10.6 Å². The molecule has 0 amide bonds. The fraction of sp³-hybridized carbons (Fsp3) is 0.318. The Balaban J connectivity index is 0.00000363. The normalized spacial score (nSPS) is 11.7. The van der Waals surface area contributed by atoms with Crippen molar-refractivity contribution in [2.45, 2.75) is 31.3 Å². The lowest BCUT2D eigenvalue weighted by molar-refractivity contribution is 0.602. The fourth-order valence-electron chi connectivity index (χ4n) is 2.92. The summed E-state index contributed by atoms with van der Waals surface area (Å²) in [4.78, 5) is 5.01. The molecule has 0 aliphatic rings. The van der Waals surface area contributed by atoms with Crippen molar-refractivity contribution in [3.05, 3.63) is 77.4 Å². The predicted molar refractivity (Wildman–Crippen MR) is 137 cm³/mol. The average Bonchev–Trinajstić information content (AvgIpc) is 3.08. The van der Waals surface area contributed by atoms with E-state index in [4.69, 9.17) is 0 Å². The first-order valence-corrected chi connectivity index (χ1v) is 11.9. The third-order valence-corrected chi connectivity index (χ3v) is 6.05. The van der Waals surface area contributed by atoms with Crippen LogP contribution in [0.15, 0.2) is 64.5 Å². The molecule has 0 aliphatic heterocycles. The van der Waals surface area contributed by atoms with Crippen molar-refractivity contribution >= 4 is 39.8 Å². The van der Waals surface area contributed by atoms with Crippen LogP contribution >= 0.6 is 24.0 Å². The van der Waals surface area contributed by atoms with E-state index < -0.39 is 9.84 Å². The lowest BCUT2D eigenvalue weighted by Crippen LogP contribution is -2.38. The van der Waals surface area contributed by atoms with Gasteiger partial charge < -0.3 is 15.2 Å². The molecule has 172 valence electrons. The number of benzene rings is 2. The molecule has 1 aromatic heterocycles. The minimum Gasteiger partial charge on any atom is -0.356 e. The van der Waals surface area contributed by atoms with E-state index in [2.05, 4.69) is 25.8 Å². The second-order valence-corrected chi connectivity index (χ2v) is 9.34. The Morgan fingerprint density at radius 1 is 1.00 bits per heavy atom. The monoisotopic (exact) mass is 568 g/mol. The van der Waals surface area contributed by atoms with Crippen molar-refractivity contribution in [1.29, 1.82) is 0 Å². The van der Waals surface area contributed by atoms with Gasteiger partial charge in [-0.2, -0.15) is 0 Å². The molecule has 10 heteroatoms. The van der Waals surface area contributed by atoms with Crippen LogP contribution in [0.25, 0.3) is 0 Å². The Labute approximate surface area is 206 Å². The molecule has 0 bridgehead atoms. The Bertz CT molecular complexity index is 1130. The number of rotatable bonds is 8. The predicted octanol–water partition coefficient (Wildman–Crippen LogP) is 2.62. The van der Waals surface area contributed by atoms with Crippen LogP contribution in [0.3, 0.4) is 0 Å². The number of guanidine groups is 1. The van der Waals surface area contributed by atoms with Crippen LogP contribution in [-0.4, -0.2) is 41.9 Å². The Morgan fingerprint density at radius 3 is 2.28 bits per heavy atom. The highest BCUT2D eigenvalue weighted by atomic mass is 127. The van der Waals surface area contributed by atoms with E-state index in [9.17, 15) is 8.42 Å². The highest BCUT2D eigenvalue weighted by Crippen LogP contribution is 2.10. The maximum atomic E-state index is 11.6. The molecule has 0 atom stereocenters. The molecule has 2 aromatic carbocycles. The standard InChI is InChI=1S/C22H28N6O2S.HI/c1-17-26-27-21(28(17)2)16-25-22(24-15-19-7-5-4-6-8-19)23-14-13-18-9-11-20(12-10-18)31(3,29)30;/h4-12H,13-16H2,1-3H3,(H2,23,24,25);1H. The van der Waals surface area contributed by atoms with Gasteiger partial charge in [0.15, 0.2) is 21.6 Å². The van der Waals surface area contributed by atoms with Gasteiger partial charge in [-0.1, -0.05) is 42.5 Å². The first-order valence-electron chi connectivity index (χ1n) is 10.0. The number of hydrogen-bond acceptors (Lipinski definition) is 5. The fourth-order valence-corrected chi connectivity index (χ4v) is 3.55. The number of hydrogen-bond donors (Lipinski definition) is 2. The van der Waals surface area contributed by atoms with Crippen LogP contribution in [-0.2, 0) is 36.4 Å². The zero-order chi connectivity index (χ0) is 22.3. The van der Waals surface area contributed by atoms with Gasteiger partial charge in [0.2, 0.25) is 0 Å². The minimum absolute atomic E-state index is 0. The molecule has 8 nitrogen and oxygen atoms in total. The summed E-state index contributed by atoms with van der Waals surface area (Å²) in [7, 11) is -1.25. The Morgan fingerprint density at radius 2 is 1.69 bits per heavy atom. The van der Waals surface area contributed by atoms with Crippen molar-refractivity contribution in [1.82, 2.24) is 25.4 Å². The molecule has 0 saturated carbocycles. The number of halogens is 1. The summed E-state index contributed by atoms with van der Waals surface area (Å²) >= 11 is 0. The Hall–Kier alpha value is -2.47. The van der Waals surface area contributed by atoms with E-state index in [0.717, 1.165) is 29.2 Å². The maximum absolute atomic E-state index is 11.6. The third-order valence-electron chi connectivity index (χ3n) is 4.92. The van der Waals surface area contributed by atoms with Gasteiger partial charge in [-0.15, -0.1) is 34.2 Å². The molecular weight excluding hydrogens is 539 g/mol. The number of sulfone groups is 1. The highest BCUT2D eigenvalue weighted by Gasteiger charge is 2.08. The second kappa shape index (κ2) is 12.0. The minimum atomic E-state index is -3.18. The lowest BCUT2D eigenvalue weighted by atomic mass is 10.1. The molecule has 3 rings (SSSR count). The second-order valence-electron chi connectivity index (χ2n) is 7.32. The van der Waals surface area contributed by atoms with Crippen molar-refractivity contribution in [3.63, 3.8) is 0 Å². The molecule has 3 aromatic rings. The number of aliphatic imine (C=N–C) groups is 1. The summed E-state index contributed by atoms with van der Waals surface area (Å²) in [5.74, 6) is 2.35. The molecule has 32 heavy (non-hydrogen) atoms. The number of aromatic nitrogens is 3. The quantitative estimate of drug-likeness (QED) is 0.246. The summed E-state index contributed by atoms with van der Waals surface area (Å²) in [5.41, 5.74) is 2.17. The number of nitrogens with zero attached hydrogens (tertiary/aromatic N) is 4. The first kappa shape index (κ1) is 25.8. The molecule has 0 fully saturated rings. The van der Waals surface area contributed by atoms with Crippen LogP contribution in [0, 0.1) is 6.92 Å². The molecule has 0 aliphatic carbocycles. The van der Waals surface area contributed by atoms with Gasteiger partial charge in [0.1, 0.15) is 5.82 Å². The summed E-state index contributed by atoms with van der Waals surface area (Å²) < 4.78 is 25.1. The SMILES string of the molecule is Cc1nnc(CNC(=NCc2ccccc2)NCCc2ccc(S(C)(=O)=O)cc2)n1C.I. The summed E-state index contributed by atoms with van der Waals surface area (Å²) in [6.45, 7) is 3.61. The summed E-state index contributed by atoms with van der Waals surface area (Å²) in [6, 6.07) is 17.0. The number of aryl methyl sites for hydroxylation is 1. The first-order chi connectivity index (χ1) is 14.8. The van der Waals surface area contributed by atoms with Crippen LogP contribution in [0.4, 0.5) is 0 Å². The van der Waals surface area contributed by atoms with E-state index in [0.29, 0.717) is 30.5 Å². The van der Waals surface area contributed by atoms with Crippen LogP contribution in [0.2, 0.25) is 0 Å². The molecule has 1 heterocycles. The molecule has 0 radical (unpaired) electrons. The molecule has 0 saturated heterocycles. The van der Waals surface area contributed by atoms with E-state index in [-0.39, 0.29) is 24.0 Å². The third kappa shape index (κ3) is 7.59. The summed E-state index contributed by atoms with van der Waals surface area (Å²) in [6.07, 6.45) is 1.95. The van der Waals surface area contributed by atoms with Crippen molar-refractivity contribution in [3.8, 4) is 0 Å². The van der Waals surface area contributed by atoms with E-state index in [1.54, 1.807) is 12.1 Å². The van der Waals surface area contributed by atoms with Gasteiger partial charge in [-0.25, -0.2) is 13.4 Å². The highest BCUT2D eigenvalue weighted by molar-refractivity contribution is 14.0. The van der Waals surface area contributed by atoms with Crippen molar-refractivity contribution < 1.29 is 8.42 Å². The smallest absolute Gasteiger partial charge is 0.191 e. The van der Waals surface area contributed by atoms with Crippen molar-refractivity contribution in [2.75, 3.05) is 12.8 Å². The van der Waals surface area contributed by atoms with E-state index >= 15 is 0 Å². The van der Waals surface area contributed by atoms with Crippen LogP contribution in [0.5, 0.6) is 0 Å². The van der Waals surface area contributed by atoms with Crippen molar-refractivity contribution in [2.24, 2.45) is 12.0 Å². The molecule has 2 N–H and O–H groups in total. The zero-order valence-electron chi connectivity index (χ0n) is 18.4. The molecule has 0 spiro atoms. The zero-order valence-corrected chi connectivity index (χ0v) is 21.6. The molecular formula is C22H29IN6O2S. The summed E-state index contributed by atoms with van der Waals surface area (Å²) in [5, 5.41) is 14.9. The van der Waals surface area contributed by atoms with Crippen LogP contribution in [0.1, 0.15) is 22.8 Å². The average molecular weight is 568 g/mol.